The number of nitrogens with zero attached hydrogens (tertiary/aromatic N) is 2. The molecule has 2 aromatic carbocycles. The van der Waals surface area contributed by atoms with Crippen LogP contribution in [0.2, 0.25) is 5.02 Å². The predicted octanol–water partition coefficient (Wildman–Crippen LogP) is 2.90. The lowest BCUT2D eigenvalue weighted by Gasteiger charge is -2.31. The van der Waals surface area contributed by atoms with Gasteiger partial charge < -0.3 is 25.0 Å². The summed E-state index contributed by atoms with van der Waals surface area (Å²) in [6, 6.07) is 12.3. The zero-order chi connectivity index (χ0) is 23.1. The molecule has 1 unspecified atom stereocenters. The summed E-state index contributed by atoms with van der Waals surface area (Å²) in [5.74, 6) is -1.23. The van der Waals surface area contributed by atoms with Gasteiger partial charge in [0.1, 0.15) is 11.8 Å². The average molecular weight is 460 g/mol. The Bertz CT molecular complexity index is 958. The highest BCUT2D eigenvalue weighted by Crippen LogP contribution is 2.17. The third-order valence-electron chi connectivity index (χ3n) is 5.33. The Morgan fingerprint density at radius 1 is 1.06 bits per heavy atom. The molecule has 170 valence electrons. The van der Waals surface area contributed by atoms with Crippen molar-refractivity contribution in [3.05, 3.63) is 64.7 Å². The van der Waals surface area contributed by atoms with Gasteiger partial charge in [-0.3, -0.25) is 4.79 Å². The molecule has 1 heterocycles. The molecule has 1 aliphatic heterocycles. The molecule has 1 atom stereocenters. The molecule has 2 aromatic rings. The van der Waals surface area contributed by atoms with Crippen LogP contribution in [-0.4, -0.2) is 72.1 Å². The number of aliphatic carboxylic acids is 1. The second kappa shape index (κ2) is 11.0. The number of halogens is 1. The number of carbonyl (C=O) groups is 3. The molecule has 0 aromatic heterocycles. The van der Waals surface area contributed by atoms with E-state index in [1.165, 1.54) is 0 Å². The molecule has 1 aliphatic rings. The van der Waals surface area contributed by atoms with Crippen LogP contribution in [0.4, 0.5) is 4.79 Å². The van der Waals surface area contributed by atoms with Crippen LogP contribution in [0.3, 0.4) is 0 Å². The third-order valence-corrected chi connectivity index (χ3v) is 5.66. The zero-order valence-electron chi connectivity index (χ0n) is 17.8. The fourth-order valence-electron chi connectivity index (χ4n) is 3.33. The Labute approximate surface area is 191 Å². The molecule has 9 heteroatoms. The number of carboxylic acids is 1. The summed E-state index contributed by atoms with van der Waals surface area (Å²) in [4.78, 5) is 40.1. The first-order valence-corrected chi connectivity index (χ1v) is 10.7. The van der Waals surface area contributed by atoms with E-state index >= 15 is 0 Å². The zero-order valence-corrected chi connectivity index (χ0v) is 18.5. The number of hydrogen-bond acceptors (Lipinski definition) is 5. The number of likely N-dealkylation sites (N-methyl/N-ethyl adjacent to an activating group) is 1. The SMILES string of the molecule is CN1CCN(C(=O)Oc2ccc(CCC(NC(=O)c3ccccc3Cl)C(=O)O)cc2)CC1. The highest BCUT2D eigenvalue weighted by molar-refractivity contribution is 6.33. The molecule has 32 heavy (non-hydrogen) atoms. The van der Waals surface area contributed by atoms with Crippen molar-refractivity contribution in [2.75, 3.05) is 33.2 Å². The molecule has 0 bridgehead atoms. The van der Waals surface area contributed by atoms with Crippen LogP contribution < -0.4 is 10.1 Å². The van der Waals surface area contributed by atoms with Gasteiger partial charge in [-0.15, -0.1) is 0 Å². The van der Waals surface area contributed by atoms with Gasteiger partial charge in [-0.1, -0.05) is 35.9 Å². The Kier molecular flexibility index (Phi) is 8.08. The number of nitrogens with one attached hydrogen (secondary N) is 1. The highest BCUT2D eigenvalue weighted by Gasteiger charge is 2.22. The Morgan fingerprint density at radius 2 is 1.72 bits per heavy atom. The van der Waals surface area contributed by atoms with Crippen LogP contribution in [0.15, 0.2) is 48.5 Å². The molecule has 1 fully saturated rings. The van der Waals surface area contributed by atoms with Gasteiger partial charge in [0.2, 0.25) is 0 Å². The number of piperazine rings is 1. The van der Waals surface area contributed by atoms with Crippen LogP contribution in [0.5, 0.6) is 5.75 Å². The number of ether oxygens (including phenoxy) is 1. The van der Waals surface area contributed by atoms with Gasteiger partial charge in [-0.05, 0) is 49.7 Å². The van der Waals surface area contributed by atoms with Crippen LogP contribution >= 0.6 is 11.6 Å². The molecule has 8 nitrogen and oxygen atoms in total. The van der Waals surface area contributed by atoms with Crippen molar-refractivity contribution >= 4 is 29.6 Å². The number of hydrogen-bond donors (Lipinski definition) is 2. The van der Waals surface area contributed by atoms with Gasteiger partial charge in [0.25, 0.3) is 5.91 Å². The summed E-state index contributed by atoms with van der Waals surface area (Å²) >= 11 is 6.01. The van der Waals surface area contributed by atoms with E-state index in [0.29, 0.717) is 25.3 Å². The van der Waals surface area contributed by atoms with E-state index in [9.17, 15) is 19.5 Å². The molecule has 2 N–H and O–H groups in total. The minimum Gasteiger partial charge on any atom is -0.480 e. The van der Waals surface area contributed by atoms with Crippen molar-refractivity contribution in [3.63, 3.8) is 0 Å². The molecule has 1 saturated heterocycles. The summed E-state index contributed by atoms with van der Waals surface area (Å²) in [7, 11) is 2.01. The lowest BCUT2D eigenvalue weighted by Crippen LogP contribution is -2.48. The number of carboxylic acid groups (broad SMARTS) is 1. The van der Waals surface area contributed by atoms with E-state index in [4.69, 9.17) is 16.3 Å². The van der Waals surface area contributed by atoms with Gasteiger partial charge in [0.05, 0.1) is 10.6 Å². The van der Waals surface area contributed by atoms with Gasteiger partial charge in [-0.2, -0.15) is 0 Å². The number of aryl methyl sites for hydroxylation is 1. The van der Waals surface area contributed by atoms with E-state index in [1.807, 2.05) is 7.05 Å². The summed E-state index contributed by atoms with van der Waals surface area (Å²) in [6.45, 7) is 2.88. The Morgan fingerprint density at radius 3 is 2.34 bits per heavy atom. The largest absolute Gasteiger partial charge is 0.480 e. The van der Waals surface area contributed by atoms with E-state index < -0.39 is 17.9 Å². The Balaban J connectivity index is 1.52. The van der Waals surface area contributed by atoms with E-state index in [-0.39, 0.29) is 23.1 Å². The topological polar surface area (TPSA) is 99.2 Å². The molecular formula is C23H26ClN3O5. The van der Waals surface area contributed by atoms with Crippen molar-refractivity contribution in [2.24, 2.45) is 0 Å². The van der Waals surface area contributed by atoms with Crippen LogP contribution in [-0.2, 0) is 11.2 Å². The maximum Gasteiger partial charge on any atom is 0.415 e. The predicted molar refractivity (Wildman–Crippen MR) is 120 cm³/mol. The smallest absolute Gasteiger partial charge is 0.415 e. The molecule has 2 amide bonds. The third kappa shape index (κ3) is 6.45. The van der Waals surface area contributed by atoms with Crippen molar-refractivity contribution in [2.45, 2.75) is 18.9 Å². The molecule has 0 aliphatic carbocycles. The normalized spacial score (nSPS) is 15.1. The number of amides is 2. The highest BCUT2D eigenvalue weighted by atomic mass is 35.5. The number of carbonyl (C=O) groups excluding carboxylic acids is 2. The van der Waals surface area contributed by atoms with Gasteiger partial charge in [0, 0.05) is 26.2 Å². The average Bonchev–Trinajstić information content (AvgIpc) is 2.78. The Hall–Kier alpha value is -3.10. The first kappa shape index (κ1) is 23.6. The van der Waals surface area contributed by atoms with Gasteiger partial charge >= 0.3 is 12.1 Å². The summed E-state index contributed by atoms with van der Waals surface area (Å²) < 4.78 is 5.43. The quantitative estimate of drug-likeness (QED) is 0.660. The maximum atomic E-state index is 12.4. The number of benzene rings is 2. The summed E-state index contributed by atoms with van der Waals surface area (Å²) in [5.41, 5.74) is 1.09. The van der Waals surface area contributed by atoms with Crippen LogP contribution in [0, 0.1) is 0 Å². The van der Waals surface area contributed by atoms with Crippen molar-refractivity contribution in [3.8, 4) is 5.75 Å². The molecule has 0 radical (unpaired) electrons. The number of rotatable bonds is 7. The lowest BCUT2D eigenvalue weighted by atomic mass is 10.0. The molecule has 3 rings (SSSR count). The van der Waals surface area contributed by atoms with Crippen LogP contribution in [0.1, 0.15) is 22.3 Å². The minimum atomic E-state index is -1.12. The second-order valence-corrected chi connectivity index (χ2v) is 8.09. The van der Waals surface area contributed by atoms with Crippen molar-refractivity contribution < 1.29 is 24.2 Å². The van der Waals surface area contributed by atoms with Gasteiger partial charge in [0.15, 0.2) is 0 Å². The first-order valence-electron chi connectivity index (χ1n) is 10.4. The fraction of sp³-hybridized carbons (Fsp3) is 0.348. The molecule has 0 spiro atoms. The van der Waals surface area contributed by atoms with Gasteiger partial charge in [-0.25, -0.2) is 9.59 Å². The minimum absolute atomic E-state index is 0.200. The molecule has 0 saturated carbocycles. The van der Waals surface area contributed by atoms with E-state index in [2.05, 4.69) is 10.2 Å². The lowest BCUT2D eigenvalue weighted by molar-refractivity contribution is -0.139. The summed E-state index contributed by atoms with van der Waals surface area (Å²) in [5, 5.41) is 12.3. The van der Waals surface area contributed by atoms with Crippen molar-refractivity contribution in [1.29, 1.82) is 0 Å². The molecular weight excluding hydrogens is 434 g/mol. The van der Waals surface area contributed by atoms with E-state index in [1.54, 1.807) is 53.4 Å². The first-order chi connectivity index (χ1) is 15.3. The fourth-order valence-corrected chi connectivity index (χ4v) is 3.55. The van der Waals surface area contributed by atoms with E-state index in [0.717, 1.165) is 18.7 Å². The maximum absolute atomic E-state index is 12.4. The standard InChI is InChI=1S/C23H26ClN3O5/c1-26-12-14-27(15-13-26)23(31)32-17-9-6-16(7-10-17)8-11-20(22(29)30)25-21(28)18-4-2-3-5-19(18)24/h2-7,9-10,20H,8,11-15H2,1H3,(H,25,28)(H,29,30). The second-order valence-electron chi connectivity index (χ2n) is 7.69. The monoisotopic (exact) mass is 459 g/mol. The summed E-state index contributed by atoms with van der Waals surface area (Å²) in [6.07, 6.45) is 0.248. The van der Waals surface area contributed by atoms with Crippen molar-refractivity contribution in [1.82, 2.24) is 15.1 Å². The van der Waals surface area contributed by atoms with Crippen LogP contribution in [0.25, 0.3) is 0 Å².